The van der Waals surface area contributed by atoms with Gasteiger partial charge in [0.05, 0.1) is 19.8 Å². The Bertz CT molecular complexity index is 454. The van der Waals surface area contributed by atoms with Crippen LogP contribution in [-0.2, 0) is 65.2 Å². The van der Waals surface area contributed by atoms with Crippen LogP contribution < -0.4 is 0 Å². The Balaban J connectivity index is -0.0000000319. The molecule has 0 aromatic rings. The molecule has 9 nitrogen and oxygen atoms in total. The molecule has 1 radical (unpaired) electrons. The van der Waals surface area contributed by atoms with Crippen molar-refractivity contribution < 1.29 is 111 Å². The van der Waals surface area contributed by atoms with Crippen molar-refractivity contribution in [2.45, 2.75) is 118 Å². The van der Waals surface area contributed by atoms with E-state index in [1.54, 1.807) is 6.92 Å². The Morgan fingerprint density at radius 1 is 0.316 bits per heavy atom. The van der Waals surface area contributed by atoms with E-state index in [2.05, 4.69) is 118 Å². The van der Waals surface area contributed by atoms with Gasteiger partial charge < -0.3 is 68.2 Å². The van der Waals surface area contributed by atoms with Gasteiger partial charge in [-0.1, -0.05) is 118 Å². The Morgan fingerprint density at radius 3 is 0.386 bits per heavy atom. The van der Waals surface area contributed by atoms with Crippen molar-refractivity contribution in [3.05, 3.63) is 36.5 Å². The van der Waals surface area contributed by atoms with Gasteiger partial charge >= 0.3 is 21.7 Å². The van der Waals surface area contributed by atoms with Crippen LogP contribution in [0.15, 0.2) is 0 Å². The minimum absolute atomic E-state index is 0. The van der Waals surface area contributed by atoms with Crippen LogP contribution in [0.4, 0.5) is 0 Å². The number of hydrogen-bond donors (Lipinski definition) is 9. The first kappa shape index (κ1) is 97.9. The maximum atomic E-state index is 8.47. The molecule has 3 aliphatic rings. The molecule has 0 unspecified atom stereocenters. The second-order valence-electron chi connectivity index (χ2n) is 15.2. The van der Waals surface area contributed by atoms with Gasteiger partial charge in [-0.3, -0.25) is 0 Å². The summed E-state index contributed by atoms with van der Waals surface area (Å²) in [5.74, 6) is 14.0. The second kappa shape index (κ2) is 59.9. The summed E-state index contributed by atoms with van der Waals surface area (Å²) in [4.78, 5) is 0. The van der Waals surface area contributed by atoms with E-state index in [9.17, 15) is 0 Å². The fourth-order valence-corrected chi connectivity index (χ4v) is 7.33. The molecule has 9 N–H and O–H groups in total. The third-order valence-electron chi connectivity index (χ3n) is 13.6. The van der Waals surface area contributed by atoms with Crippen LogP contribution in [-0.4, -0.2) is 94.2 Å². The number of rotatable bonds is 3. The fraction of sp³-hybridized carbons (Fsp3) is 0.889. The van der Waals surface area contributed by atoms with E-state index in [0.29, 0.717) is 0 Å². The molecular weight excluding hydrogens is 828 g/mol. The summed E-state index contributed by atoms with van der Waals surface area (Å²) < 4.78 is 0. The Labute approximate surface area is 405 Å². The average molecular weight is 936 g/mol. The molecule has 0 bridgehead atoms. The zero-order chi connectivity index (χ0) is 42.3. The smallest absolute Gasteiger partial charge is 0.569 e. The molecule has 0 heterocycles. The van der Waals surface area contributed by atoms with E-state index in [0.717, 1.165) is 117 Å². The molecule has 0 saturated heterocycles. The summed E-state index contributed by atoms with van der Waals surface area (Å²) in [7, 11) is 8.50. The van der Waals surface area contributed by atoms with Gasteiger partial charge in [-0.05, 0) is 88.8 Å². The van der Waals surface area contributed by atoms with Crippen LogP contribution in [0.5, 0.6) is 0 Å². The van der Waals surface area contributed by atoms with Crippen molar-refractivity contribution in [1.82, 2.24) is 0 Å². The largest absolute Gasteiger partial charge is 3.00 e. The molecule has 0 aromatic heterocycles. The Hall–Kier alpha value is 1.78. The van der Waals surface area contributed by atoms with Crippen LogP contribution in [0, 0.1) is 131 Å². The molecule has 0 atom stereocenters. The van der Waals surface area contributed by atoms with Crippen molar-refractivity contribution in [2.75, 3.05) is 48.3 Å². The zero-order valence-electron chi connectivity index (χ0n) is 41.2. The topological polar surface area (TPSA) is 182 Å². The summed E-state index contributed by atoms with van der Waals surface area (Å²) >= 11 is 0. The maximum absolute atomic E-state index is 8.47. The molecule has 3 saturated carbocycles. The van der Waals surface area contributed by atoms with Gasteiger partial charge in [0.25, 0.3) is 0 Å². The third kappa shape index (κ3) is 35.9. The van der Waals surface area contributed by atoms with Crippen molar-refractivity contribution in [3.8, 4) is 0 Å². The van der Waals surface area contributed by atoms with E-state index >= 15 is 0 Å². The van der Waals surface area contributed by atoms with E-state index in [4.69, 9.17) is 46.0 Å². The molecule has 3 aliphatic carbocycles. The van der Waals surface area contributed by atoms with Gasteiger partial charge in [0.1, 0.15) is 0 Å². The summed E-state index contributed by atoms with van der Waals surface area (Å²) in [5.41, 5.74) is -0.708. The van der Waals surface area contributed by atoms with E-state index in [-0.39, 0.29) is 115 Å². The zero-order valence-corrected chi connectivity index (χ0v) is 45.9. The van der Waals surface area contributed by atoms with Gasteiger partial charge in [0, 0.05) is 77.3 Å². The molecule has 0 amide bonds. The number of aliphatic hydroxyl groups is 9. The maximum Gasteiger partial charge on any atom is 3.00 e. The van der Waals surface area contributed by atoms with Crippen molar-refractivity contribution in [1.29, 1.82) is 0 Å². The Morgan fingerprint density at radius 2 is 0.368 bits per heavy atom. The van der Waals surface area contributed by atoms with Crippen molar-refractivity contribution in [2.24, 2.45) is 94.2 Å². The number of hydrogen-bond acceptors (Lipinski definition) is 9. The minimum Gasteiger partial charge on any atom is -0.569 e. The van der Waals surface area contributed by atoms with E-state index in [1.165, 1.54) is 0 Å². The molecule has 3 fully saturated rings. The van der Waals surface area contributed by atoms with Gasteiger partial charge in [-0.15, -0.1) is 0 Å². The first-order valence-electron chi connectivity index (χ1n) is 18.6. The molecular formula is C45H107O9Ti3-2. The molecule has 0 aromatic carbocycles. The molecule has 0 aliphatic heterocycles. The van der Waals surface area contributed by atoms with Crippen LogP contribution in [0.25, 0.3) is 0 Å². The van der Waals surface area contributed by atoms with Gasteiger partial charge in [0.15, 0.2) is 0 Å². The second-order valence-corrected chi connectivity index (χ2v) is 15.2. The predicted molar refractivity (Wildman–Crippen MR) is 240 cm³/mol. The van der Waals surface area contributed by atoms with Crippen molar-refractivity contribution >= 4 is 0 Å². The van der Waals surface area contributed by atoms with Crippen LogP contribution in [0.1, 0.15) is 118 Å². The summed E-state index contributed by atoms with van der Waals surface area (Å²) in [6.07, 6.45) is 0. The first-order valence-corrected chi connectivity index (χ1v) is 18.6. The normalized spacial score (nSPS) is 31.5. The summed E-state index contributed by atoms with van der Waals surface area (Å²) in [5, 5.41) is 66.9. The summed E-state index contributed by atoms with van der Waals surface area (Å²) in [6, 6.07) is 0. The monoisotopic (exact) mass is 936 g/mol. The van der Waals surface area contributed by atoms with Gasteiger partial charge in [-0.25, -0.2) is 14.2 Å². The molecule has 57 heavy (non-hydrogen) atoms. The Kier molecular flexibility index (Phi) is 103. The van der Waals surface area contributed by atoms with Crippen LogP contribution in [0.2, 0.25) is 0 Å². The van der Waals surface area contributed by atoms with E-state index in [1.807, 2.05) is 0 Å². The minimum atomic E-state index is -0.708. The number of aliphatic hydroxyl groups excluding tert-OH is 9. The van der Waals surface area contributed by atoms with Gasteiger partial charge in [0.2, 0.25) is 0 Å². The average Bonchev–Trinajstić information content (AvgIpc) is 3.55. The standard InChI is InChI=1S/3C10H20.C5H12O3.4CH4O.2CH3O.CH4.3CH3.3Ti/c3*1-6-7(2)9(4)10(5)8(6)3;1-5(2-6,3-7)4-8;6*1-2;;;;;;;/h3*6-10H,1-5H3;6-8H,2-4H2,1H3;4*2H,1H3;2*2H,1H2;1H4;3*1H3;;;/q;;;;;;;;2*-1;;3*-1;;;+3. The molecule has 0 spiro atoms. The molecule has 12 heteroatoms. The van der Waals surface area contributed by atoms with Crippen molar-refractivity contribution in [3.63, 3.8) is 0 Å². The molecule has 355 valence electrons. The van der Waals surface area contributed by atoms with Crippen LogP contribution in [0.3, 0.4) is 0 Å². The SMILES string of the molecule is C.CC(CO)(CO)CO.CC1C(C)C(C)C(C)C1C.CC1C(C)C(C)C(C)C1C.CC1C(C)C(C)C(C)C1C.CO.CO.CO.CO.[CH2-]O.[CH2-]O.[CH3-].[CH3-].[CH3-].[Ti+3].[Ti].[Ti]. The quantitative estimate of drug-likeness (QED) is 0.0985. The van der Waals surface area contributed by atoms with Crippen LogP contribution >= 0.6 is 0 Å². The third-order valence-corrected chi connectivity index (χ3v) is 13.6. The van der Waals surface area contributed by atoms with E-state index < -0.39 is 5.41 Å². The predicted octanol–water partition coefficient (Wildman–Crippen LogP) is 9.23. The first-order chi connectivity index (χ1) is 23.3. The fourth-order valence-electron chi connectivity index (χ4n) is 7.33. The van der Waals surface area contributed by atoms with Gasteiger partial charge in [-0.2, -0.15) is 0 Å². The molecule has 3 rings (SSSR count). The summed E-state index contributed by atoms with van der Waals surface area (Å²) in [6.45, 7) is 37.0.